The standard InChI is InChI=1S/C3H3F3/c4-2-1-3(5)6/h1-3H/b2-1+. The van der Waals surface area contributed by atoms with Gasteiger partial charge in [0.15, 0.2) is 0 Å². The van der Waals surface area contributed by atoms with E-state index in [9.17, 15) is 13.2 Å². The molecule has 0 saturated heterocycles. The van der Waals surface area contributed by atoms with Crippen LogP contribution in [0.2, 0.25) is 0 Å². The molecule has 0 aliphatic rings. The highest BCUT2D eigenvalue weighted by molar-refractivity contribution is 4.73. The Morgan fingerprint density at radius 2 is 1.83 bits per heavy atom. The first-order valence-corrected chi connectivity index (χ1v) is 1.32. The normalized spacial score (nSPS) is 11.3. The second-order valence-corrected chi connectivity index (χ2v) is 0.653. The summed E-state index contributed by atoms with van der Waals surface area (Å²) in [7, 11) is 0. The Balaban J connectivity index is 3.03. The van der Waals surface area contributed by atoms with Crippen LogP contribution in [0.1, 0.15) is 0 Å². The predicted molar refractivity (Wildman–Crippen MR) is 16.3 cm³/mol. The molecular weight excluding hydrogens is 93.0 g/mol. The quantitative estimate of drug-likeness (QED) is 0.466. The maximum Gasteiger partial charge on any atom is 0.259 e. The first-order chi connectivity index (χ1) is 2.77. The molecule has 0 aromatic heterocycles. The van der Waals surface area contributed by atoms with Gasteiger partial charge in [-0.1, -0.05) is 0 Å². The average Bonchev–Trinajstić information content (AvgIpc) is 1.35. The van der Waals surface area contributed by atoms with Crippen molar-refractivity contribution in [1.29, 1.82) is 0 Å². The lowest BCUT2D eigenvalue weighted by Crippen LogP contribution is -1.76. The monoisotopic (exact) mass is 96.0 g/mol. The van der Waals surface area contributed by atoms with Crippen molar-refractivity contribution in [2.45, 2.75) is 6.43 Å². The van der Waals surface area contributed by atoms with Crippen molar-refractivity contribution in [3.05, 3.63) is 12.4 Å². The Morgan fingerprint density at radius 3 is 1.83 bits per heavy atom. The van der Waals surface area contributed by atoms with Crippen LogP contribution >= 0.6 is 0 Å². The molecular formula is C3H3F3. The third kappa shape index (κ3) is 3.53. The second-order valence-electron chi connectivity index (χ2n) is 0.653. The Bertz CT molecular complexity index is 48.0. The van der Waals surface area contributed by atoms with E-state index < -0.39 is 6.43 Å². The molecule has 6 heavy (non-hydrogen) atoms. The van der Waals surface area contributed by atoms with Gasteiger partial charge >= 0.3 is 0 Å². The van der Waals surface area contributed by atoms with Gasteiger partial charge < -0.3 is 0 Å². The van der Waals surface area contributed by atoms with E-state index in [0.717, 1.165) is 0 Å². The minimum absolute atomic E-state index is 0.167. The van der Waals surface area contributed by atoms with E-state index in [0.29, 0.717) is 0 Å². The Morgan fingerprint density at radius 1 is 1.33 bits per heavy atom. The van der Waals surface area contributed by atoms with Crippen LogP contribution in [0, 0.1) is 0 Å². The molecule has 3 heteroatoms. The van der Waals surface area contributed by atoms with Crippen LogP contribution in [-0.2, 0) is 0 Å². The molecule has 0 aromatic carbocycles. The summed E-state index contributed by atoms with van der Waals surface area (Å²) >= 11 is 0. The molecule has 0 bridgehead atoms. The molecule has 0 N–H and O–H groups in total. The fourth-order valence-electron chi connectivity index (χ4n) is 0.0550. The van der Waals surface area contributed by atoms with Gasteiger partial charge in [0.05, 0.1) is 6.33 Å². The van der Waals surface area contributed by atoms with Crippen LogP contribution in [0.4, 0.5) is 13.2 Å². The van der Waals surface area contributed by atoms with E-state index in [-0.39, 0.29) is 12.4 Å². The third-order valence-electron chi connectivity index (χ3n) is 0.218. The average molecular weight is 96.1 g/mol. The third-order valence-corrected chi connectivity index (χ3v) is 0.218. The molecule has 0 atom stereocenters. The zero-order chi connectivity index (χ0) is 4.99. The predicted octanol–water partition coefficient (Wildman–Crippen LogP) is 1.73. The molecule has 0 aliphatic heterocycles. The van der Waals surface area contributed by atoms with E-state index in [1.54, 1.807) is 0 Å². The lowest BCUT2D eigenvalue weighted by Gasteiger charge is -1.76. The van der Waals surface area contributed by atoms with Gasteiger partial charge in [0.2, 0.25) is 0 Å². The Kier molecular flexibility index (Phi) is 2.54. The fourth-order valence-corrected chi connectivity index (χ4v) is 0.0550. The molecule has 0 aliphatic carbocycles. The van der Waals surface area contributed by atoms with Crippen molar-refractivity contribution in [3.63, 3.8) is 0 Å². The number of allylic oxidation sites excluding steroid dienone is 1. The Hall–Kier alpha value is -0.470. The fraction of sp³-hybridized carbons (Fsp3) is 0.333. The van der Waals surface area contributed by atoms with Crippen LogP contribution in [0.25, 0.3) is 0 Å². The highest BCUT2D eigenvalue weighted by atomic mass is 19.3. The van der Waals surface area contributed by atoms with Gasteiger partial charge in [-0.3, -0.25) is 0 Å². The van der Waals surface area contributed by atoms with Gasteiger partial charge in [-0.15, -0.1) is 0 Å². The van der Waals surface area contributed by atoms with Gasteiger partial charge in [-0.2, -0.15) is 0 Å². The molecule has 0 saturated carbocycles. The van der Waals surface area contributed by atoms with E-state index in [1.807, 2.05) is 0 Å². The summed E-state index contributed by atoms with van der Waals surface area (Å²) in [5.74, 6) is 0. The molecule has 0 heterocycles. The van der Waals surface area contributed by atoms with Crippen LogP contribution < -0.4 is 0 Å². The molecule has 0 fully saturated rings. The molecule has 0 aromatic rings. The van der Waals surface area contributed by atoms with Crippen molar-refractivity contribution in [3.8, 4) is 0 Å². The lowest BCUT2D eigenvalue weighted by molar-refractivity contribution is 0.202. The first-order valence-electron chi connectivity index (χ1n) is 1.32. The van der Waals surface area contributed by atoms with Crippen molar-refractivity contribution in [2.75, 3.05) is 0 Å². The maximum atomic E-state index is 10.7. The van der Waals surface area contributed by atoms with E-state index in [4.69, 9.17) is 0 Å². The first kappa shape index (κ1) is 5.53. The summed E-state index contributed by atoms with van der Waals surface area (Å²) in [5.41, 5.74) is 0. The molecule has 0 radical (unpaired) electrons. The van der Waals surface area contributed by atoms with E-state index in [2.05, 4.69) is 0 Å². The van der Waals surface area contributed by atoms with Gasteiger partial charge in [-0.05, 0) is 0 Å². The molecule has 0 spiro atoms. The molecule has 0 amide bonds. The number of halogens is 3. The van der Waals surface area contributed by atoms with Gasteiger partial charge in [-0.25, -0.2) is 13.2 Å². The van der Waals surface area contributed by atoms with Crippen molar-refractivity contribution in [2.24, 2.45) is 0 Å². The maximum absolute atomic E-state index is 10.7. The van der Waals surface area contributed by atoms with Gasteiger partial charge in [0.1, 0.15) is 0 Å². The van der Waals surface area contributed by atoms with Crippen LogP contribution in [-0.4, -0.2) is 6.43 Å². The summed E-state index contributed by atoms with van der Waals surface area (Å²) in [6.45, 7) is 0. The van der Waals surface area contributed by atoms with Crippen molar-refractivity contribution in [1.82, 2.24) is 0 Å². The minimum atomic E-state index is -2.66. The highest BCUT2D eigenvalue weighted by Gasteiger charge is 1.89. The number of alkyl halides is 2. The van der Waals surface area contributed by atoms with E-state index in [1.165, 1.54) is 0 Å². The zero-order valence-electron chi connectivity index (χ0n) is 2.87. The second kappa shape index (κ2) is 2.75. The minimum Gasteiger partial charge on any atom is -0.216 e. The molecule has 0 rings (SSSR count). The van der Waals surface area contributed by atoms with Crippen LogP contribution in [0.3, 0.4) is 0 Å². The smallest absolute Gasteiger partial charge is 0.216 e. The van der Waals surface area contributed by atoms with Crippen LogP contribution in [0.15, 0.2) is 12.4 Å². The Labute approximate surface area is 33.3 Å². The van der Waals surface area contributed by atoms with Crippen LogP contribution in [0.5, 0.6) is 0 Å². The van der Waals surface area contributed by atoms with Crippen molar-refractivity contribution < 1.29 is 13.2 Å². The molecule has 0 unspecified atom stereocenters. The van der Waals surface area contributed by atoms with Gasteiger partial charge in [0.25, 0.3) is 6.43 Å². The highest BCUT2D eigenvalue weighted by Crippen LogP contribution is 1.91. The lowest BCUT2D eigenvalue weighted by atomic mass is 10.7. The van der Waals surface area contributed by atoms with Crippen molar-refractivity contribution >= 4 is 0 Å². The van der Waals surface area contributed by atoms with E-state index >= 15 is 0 Å². The topological polar surface area (TPSA) is 0 Å². The largest absolute Gasteiger partial charge is 0.259 e. The summed E-state index contributed by atoms with van der Waals surface area (Å²) in [6.07, 6.45) is -2.67. The number of rotatable bonds is 1. The summed E-state index contributed by atoms with van der Waals surface area (Å²) in [4.78, 5) is 0. The zero-order valence-corrected chi connectivity index (χ0v) is 2.87. The summed E-state index contributed by atoms with van der Waals surface area (Å²) in [6, 6.07) is 0. The summed E-state index contributed by atoms with van der Waals surface area (Å²) in [5, 5.41) is 0. The van der Waals surface area contributed by atoms with Gasteiger partial charge in [0, 0.05) is 6.08 Å². The molecule has 36 valence electrons. The molecule has 0 nitrogen and oxygen atoms in total. The summed E-state index contributed by atoms with van der Waals surface area (Å²) < 4.78 is 32.0. The SMILES string of the molecule is F/C=C/C(F)F. The number of hydrogen-bond acceptors (Lipinski definition) is 0. The number of hydrogen-bond donors (Lipinski definition) is 0.